The monoisotopic (exact) mass is 336 g/mol. The third-order valence-corrected chi connectivity index (χ3v) is 5.31. The largest absolute Gasteiger partial charge is 0.389 e. The molecular formula is C11H16N2O4S3. The second-order valence-corrected chi connectivity index (χ2v) is 8.81. The molecule has 0 aliphatic carbocycles. The topological polar surface area (TPSA) is 106 Å². The van der Waals surface area contributed by atoms with Gasteiger partial charge in [0.2, 0.25) is 10.0 Å². The van der Waals surface area contributed by atoms with Crippen LogP contribution in [0.15, 0.2) is 23.1 Å². The molecule has 1 rings (SSSR count). The van der Waals surface area contributed by atoms with Crippen molar-refractivity contribution in [2.45, 2.75) is 11.8 Å². The molecule has 0 saturated heterocycles. The maximum absolute atomic E-state index is 12.1. The summed E-state index contributed by atoms with van der Waals surface area (Å²) < 4.78 is 48.5. The van der Waals surface area contributed by atoms with Gasteiger partial charge in [-0.15, -0.1) is 0 Å². The Morgan fingerprint density at radius 2 is 1.90 bits per heavy atom. The lowest BCUT2D eigenvalue weighted by molar-refractivity contribution is 0.581. The van der Waals surface area contributed by atoms with Gasteiger partial charge in [0.1, 0.15) is 14.8 Å². The molecule has 0 heterocycles. The van der Waals surface area contributed by atoms with Crippen LogP contribution >= 0.6 is 12.2 Å². The van der Waals surface area contributed by atoms with Crippen LogP contribution in [-0.2, 0) is 19.9 Å². The van der Waals surface area contributed by atoms with E-state index >= 15 is 0 Å². The van der Waals surface area contributed by atoms with E-state index in [0.717, 1.165) is 6.26 Å². The van der Waals surface area contributed by atoms with Crippen LogP contribution in [0.25, 0.3) is 0 Å². The van der Waals surface area contributed by atoms with Gasteiger partial charge in [-0.3, -0.25) is 0 Å². The minimum Gasteiger partial charge on any atom is -0.389 e. The van der Waals surface area contributed by atoms with Crippen molar-refractivity contribution in [1.29, 1.82) is 0 Å². The first-order valence-electron chi connectivity index (χ1n) is 5.61. The van der Waals surface area contributed by atoms with Crippen LogP contribution in [0.4, 0.5) is 0 Å². The third-order valence-electron chi connectivity index (χ3n) is 2.53. The van der Waals surface area contributed by atoms with Gasteiger partial charge in [-0.05, 0) is 18.6 Å². The fourth-order valence-corrected chi connectivity index (χ4v) is 3.51. The van der Waals surface area contributed by atoms with E-state index in [0.29, 0.717) is 11.1 Å². The molecule has 3 N–H and O–H groups in total. The van der Waals surface area contributed by atoms with Gasteiger partial charge >= 0.3 is 0 Å². The zero-order valence-electron chi connectivity index (χ0n) is 11.1. The average Bonchev–Trinajstić information content (AvgIpc) is 2.26. The summed E-state index contributed by atoms with van der Waals surface area (Å²) in [6, 6.07) is 4.60. The van der Waals surface area contributed by atoms with Gasteiger partial charge in [0.15, 0.2) is 0 Å². The Labute approximate surface area is 124 Å². The molecule has 1 aromatic carbocycles. The summed E-state index contributed by atoms with van der Waals surface area (Å²) in [6.07, 6.45) is 1.04. The van der Waals surface area contributed by atoms with Crippen molar-refractivity contribution >= 4 is 37.1 Å². The van der Waals surface area contributed by atoms with Crippen LogP contribution in [0, 0.1) is 6.92 Å². The number of sulfonamides is 1. The van der Waals surface area contributed by atoms with Crippen LogP contribution in [0.1, 0.15) is 11.1 Å². The number of sulfone groups is 1. The van der Waals surface area contributed by atoms with Crippen molar-refractivity contribution in [3.63, 3.8) is 0 Å². The van der Waals surface area contributed by atoms with E-state index in [9.17, 15) is 16.8 Å². The number of nitrogens with two attached hydrogens (primary N) is 1. The van der Waals surface area contributed by atoms with E-state index in [1.54, 1.807) is 19.1 Å². The average molecular weight is 336 g/mol. The van der Waals surface area contributed by atoms with Gasteiger partial charge in [0, 0.05) is 18.4 Å². The van der Waals surface area contributed by atoms with E-state index in [2.05, 4.69) is 4.72 Å². The first-order valence-corrected chi connectivity index (χ1v) is 9.56. The SMILES string of the molecule is Cc1ccc(C(N)=S)cc1S(=O)(=O)NCCS(C)(=O)=O. The zero-order chi connectivity index (χ0) is 15.6. The number of hydrogen-bond acceptors (Lipinski definition) is 5. The highest BCUT2D eigenvalue weighted by Crippen LogP contribution is 2.17. The zero-order valence-corrected chi connectivity index (χ0v) is 13.5. The highest BCUT2D eigenvalue weighted by atomic mass is 32.2. The van der Waals surface area contributed by atoms with Crippen molar-refractivity contribution in [2.75, 3.05) is 18.6 Å². The predicted molar refractivity (Wildman–Crippen MR) is 82.0 cm³/mol. The fourth-order valence-electron chi connectivity index (χ4n) is 1.48. The quantitative estimate of drug-likeness (QED) is 0.706. The van der Waals surface area contributed by atoms with E-state index in [4.69, 9.17) is 18.0 Å². The maximum Gasteiger partial charge on any atom is 0.240 e. The Balaban J connectivity index is 3.03. The second kappa shape index (κ2) is 6.17. The molecule has 0 aliphatic rings. The highest BCUT2D eigenvalue weighted by molar-refractivity contribution is 7.91. The molecule has 0 spiro atoms. The maximum atomic E-state index is 12.1. The van der Waals surface area contributed by atoms with Crippen LogP contribution in [0.3, 0.4) is 0 Å². The van der Waals surface area contributed by atoms with E-state index in [1.807, 2.05) is 0 Å². The first kappa shape index (κ1) is 17.0. The smallest absolute Gasteiger partial charge is 0.240 e. The minimum atomic E-state index is -3.80. The molecule has 0 atom stereocenters. The lowest BCUT2D eigenvalue weighted by atomic mass is 10.1. The third kappa shape index (κ3) is 4.82. The molecule has 0 unspecified atom stereocenters. The molecule has 0 amide bonds. The normalized spacial score (nSPS) is 12.3. The first-order chi connectivity index (χ1) is 9.03. The number of aryl methyl sites for hydroxylation is 1. The Morgan fingerprint density at radius 3 is 2.40 bits per heavy atom. The van der Waals surface area contributed by atoms with E-state index in [-0.39, 0.29) is 22.2 Å². The molecule has 0 radical (unpaired) electrons. The Morgan fingerprint density at radius 1 is 1.30 bits per heavy atom. The Kier molecular flexibility index (Phi) is 5.25. The van der Waals surface area contributed by atoms with E-state index < -0.39 is 19.9 Å². The van der Waals surface area contributed by atoms with Crippen molar-refractivity contribution in [3.05, 3.63) is 29.3 Å². The summed E-state index contributed by atoms with van der Waals surface area (Å²) in [7, 11) is -7.03. The van der Waals surface area contributed by atoms with Gasteiger partial charge in [0.05, 0.1) is 10.6 Å². The van der Waals surface area contributed by atoms with Crippen LogP contribution in [0.2, 0.25) is 0 Å². The molecule has 20 heavy (non-hydrogen) atoms. The predicted octanol–water partition coefficient (Wildman–Crippen LogP) is -0.0479. The number of nitrogens with one attached hydrogen (secondary N) is 1. The van der Waals surface area contributed by atoms with Crippen molar-refractivity contribution in [3.8, 4) is 0 Å². The molecule has 9 heteroatoms. The summed E-state index contributed by atoms with van der Waals surface area (Å²) in [5.74, 6) is -0.264. The summed E-state index contributed by atoms with van der Waals surface area (Å²) in [5, 5.41) is 0. The van der Waals surface area contributed by atoms with Gasteiger partial charge in [-0.1, -0.05) is 24.4 Å². The van der Waals surface area contributed by atoms with Crippen LogP contribution in [0.5, 0.6) is 0 Å². The second-order valence-electron chi connectivity index (χ2n) is 4.37. The fraction of sp³-hybridized carbons (Fsp3) is 0.364. The lowest BCUT2D eigenvalue weighted by Gasteiger charge is -2.10. The number of hydrogen-bond donors (Lipinski definition) is 2. The molecule has 6 nitrogen and oxygen atoms in total. The number of thiocarbonyl (C=S) groups is 1. The molecule has 0 aromatic heterocycles. The number of benzene rings is 1. The molecule has 0 saturated carbocycles. The van der Waals surface area contributed by atoms with Crippen LogP contribution < -0.4 is 10.5 Å². The summed E-state index contributed by atoms with van der Waals surface area (Å²) in [4.78, 5) is 0.133. The van der Waals surface area contributed by atoms with Gasteiger partial charge in [-0.25, -0.2) is 21.6 Å². The Hall–Kier alpha value is -1.03. The van der Waals surface area contributed by atoms with Gasteiger partial charge in [-0.2, -0.15) is 0 Å². The summed E-state index contributed by atoms with van der Waals surface area (Å²) in [6.45, 7) is 1.45. The molecule has 0 fully saturated rings. The standard InChI is InChI=1S/C11H16N2O4S3/c1-8-3-4-9(11(12)18)7-10(8)20(16,17)13-5-6-19(2,14)15/h3-4,7,13H,5-6H2,1-2H3,(H2,12,18). The molecule has 1 aromatic rings. The van der Waals surface area contributed by atoms with E-state index in [1.165, 1.54) is 6.07 Å². The van der Waals surface area contributed by atoms with Crippen molar-refractivity contribution in [1.82, 2.24) is 4.72 Å². The molecule has 0 aliphatic heterocycles. The van der Waals surface area contributed by atoms with Crippen molar-refractivity contribution in [2.24, 2.45) is 5.73 Å². The minimum absolute atomic E-state index is 0.0382. The summed E-state index contributed by atoms with van der Waals surface area (Å²) >= 11 is 4.81. The highest BCUT2D eigenvalue weighted by Gasteiger charge is 2.18. The van der Waals surface area contributed by atoms with Gasteiger partial charge < -0.3 is 5.73 Å². The molecule has 0 bridgehead atoms. The van der Waals surface area contributed by atoms with Crippen LogP contribution in [-0.4, -0.2) is 40.4 Å². The summed E-state index contributed by atoms with van der Waals surface area (Å²) in [5.41, 5.74) is 6.43. The lowest BCUT2D eigenvalue weighted by Crippen LogP contribution is -2.29. The number of rotatable bonds is 6. The van der Waals surface area contributed by atoms with Crippen molar-refractivity contribution < 1.29 is 16.8 Å². The Bertz CT molecular complexity index is 724. The van der Waals surface area contributed by atoms with Gasteiger partial charge in [0.25, 0.3) is 0 Å². The molecule has 112 valence electrons. The molecular weight excluding hydrogens is 320 g/mol.